The van der Waals surface area contributed by atoms with Gasteiger partial charge in [0.15, 0.2) is 0 Å². The third-order valence-corrected chi connectivity index (χ3v) is 2.25. The van der Waals surface area contributed by atoms with Gasteiger partial charge < -0.3 is 10.4 Å². The number of carbonyl (C=O) groups is 1. The highest BCUT2D eigenvalue weighted by Gasteiger charge is 2.16. The average molecular weight is 228 g/mol. The summed E-state index contributed by atoms with van der Waals surface area (Å²) in [6.07, 6.45) is 0.479. The zero-order valence-corrected chi connectivity index (χ0v) is 9.07. The van der Waals surface area contributed by atoms with Gasteiger partial charge in [-0.3, -0.25) is 4.79 Å². The summed E-state index contributed by atoms with van der Waals surface area (Å²) in [5, 5.41) is 11.8. The summed E-state index contributed by atoms with van der Waals surface area (Å²) in [5.74, 6) is -0.428. The summed E-state index contributed by atoms with van der Waals surface area (Å²) in [6, 6.07) is 8.97. The highest BCUT2D eigenvalue weighted by molar-refractivity contribution is 6.18. The van der Waals surface area contributed by atoms with Gasteiger partial charge in [0.1, 0.15) is 6.04 Å². The molecule has 3 nitrogen and oxygen atoms in total. The number of rotatable bonds is 6. The second kappa shape index (κ2) is 6.43. The molecule has 0 radical (unpaired) electrons. The number of nitrogens with one attached hydrogen (secondary N) is 1. The van der Waals surface area contributed by atoms with E-state index in [0.29, 0.717) is 18.8 Å². The van der Waals surface area contributed by atoms with Crippen molar-refractivity contribution < 1.29 is 9.90 Å². The molecule has 0 spiro atoms. The third kappa shape index (κ3) is 4.32. The van der Waals surface area contributed by atoms with Gasteiger partial charge in [-0.25, -0.2) is 0 Å². The van der Waals surface area contributed by atoms with Gasteiger partial charge in [-0.15, -0.1) is 11.6 Å². The number of halogens is 1. The van der Waals surface area contributed by atoms with Crippen molar-refractivity contribution in [1.29, 1.82) is 0 Å². The lowest BCUT2D eigenvalue weighted by molar-refractivity contribution is -0.139. The highest BCUT2D eigenvalue weighted by Crippen LogP contribution is 2.03. The van der Waals surface area contributed by atoms with Gasteiger partial charge in [0.2, 0.25) is 0 Å². The fraction of sp³-hybridized carbons (Fsp3) is 0.364. The van der Waals surface area contributed by atoms with Crippen molar-refractivity contribution in [2.45, 2.75) is 12.5 Å². The molecule has 0 fully saturated rings. The van der Waals surface area contributed by atoms with Crippen molar-refractivity contribution in [3.63, 3.8) is 0 Å². The molecule has 0 saturated carbocycles. The van der Waals surface area contributed by atoms with E-state index in [-0.39, 0.29) is 0 Å². The highest BCUT2D eigenvalue weighted by atomic mass is 35.5. The third-order valence-electron chi connectivity index (χ3n) is 2.07. The van der Waals surface area contributed by atoms with E-state index in [2.05, 4.69) is 5.32 Å². The first kappa shape index (κ1) is 12.0. The molecule has 1 rings (SSSR count). The number of carboxylic acids is 1. The fourth-order valence-electron chi connectivity index (χ4n) is 1.33. The molecule has 0 aliphatic heterocycles. The second-order valence-corrected chi connectivity index (χ2v) is 3.60. The number of hydrogen-bond acceptors (Lipinski definition) is 2. The van der Waals surface area contributed by atoms with E-state index in [1.807, 2.05) is 30.3 Å². The van der Waals surface area contributed by atoms with Gasteiger partial charge in [-0.1, -0.05) is 30.3 Å². The summed E-state index contributed by atoms with van der Waals surface area (Å²) in [4.78, 5) is 10.9. The van der Waals surface area contributed by atoms with E-state index in [0.717, 1.165) is 5.56 Å². The lowest BCUT2D eigenvalue weighted by Gasteiger charge is -2.13. The van der Waals surface area contributed by atoms with Gasteiger partial charge in [0.05, 0.1) is 0 Å². The van der Waals surface area contributed by atoms with E-state index in [1.54, 1.807) is 0 Å². The molecule has 0 amide bonds. The van der Waals surface area contributed by atoms with Crippen LogP contribution in [0, 0.1) is 0 Å². The molecule has 0 bridgehead atoms. The maximum absolute atomic E-state index is 10.9. The van der Waals surface area contributed by atoms with E-state index < -0.39 is 12.0 Å². The molecule has 0 aromatic heterocycles. The van der Waals surface area contributed by atoms with Gasteiger partial charge in [-0.2, -0.15) is 0 Å². The molecule has 0 unspecified atom stereocenters. The number of aliphatic carboxylic acids is 1. The normalized spacial score (nSPS) is 12.3. The Morgan fingerprint density at radius 2 is 2.07 bits per heavy atom. The first-order valence-electron chi connectivity index (χ1n) is 4.80. The van der Waals surface area contributed by atoms with Crippen molar-refractivity contribution >= 4 is 17.6 Å². The molecule has 15 heavy (non-hydrogen) atoms. The molecule has 1 aromatic carbocycles. The topological polar surface area (TPSA) is 49.3 Å². The summed E-state index contributed by atoms with van der Waals surface area (Å²) in [7, 11) is 0. The lowest BCUT2D eigenvalue weighted by atomic mass is 10.1. The minimum Gasteiger partial charge on any atom is -0.480 e. The Hall–Kier alpha value is -1.06. The molecule has 0 aliphatic rings. The summed E-state index contributed by atoms with van der Waals surface area (Å²) in [6.45, 7) is 0.505. The molecule has 82 valence electrons. The van der Waals surface area contributed by atoms with E-state index in [1.165, 1.54) is 0 Å². The molecule has 1 aromatic rings. The maximum atomic E-state index is 10.9. The smallest absolute Gasteiger partial charge is 0.321 e. The monoisotopic (exact) mass is 227 g/mol. The molecule has 1 atom stereocenters. The van der Waals surface area contributed by atoms with Gasteiger partial charge in [-0.05, 0) is 12.0 Å². The van der Waals surface area contributed by atoms with Gasteiger partial charge in [0, 0.05) is 12.4 Å². The van der Waals surface area contributed by atoms with Crippen LogP contribution in [-0.4, -0.2) is 29.5 Å². The van der Waals surface area contributed by atoms with Crippen LogP contribution in [0.1, 0.15) is 5.56 Å². The minimum absolute atomic E-state index is 0.415. The predicted molar refractivity (Wildman–Crippen MR) is 60.3 cm³/mol. The quantitative estimate of drug-likeness (QED) is 0.725. The Balaban J connectivity index is 2.55. The average Bonchev–Trinajstić information content (AvgIpc) is 2.25. The van der Waals surface area contributed by atoms with Crippen LogP contribution in [0.15, 0.2) is 30.3 Å². The van der Waals surface area contributed by atoms with Crippen molar-refractivity contribution in [3.8, 4) is 0 Å². The zero-order chi connectivity index (χ0) is 11.1. The van der Waals surface area contributed by atoms with Crippen molar-refractivity contribution in [1.82, 2.24) is 5.32 Å². The van der Waals surface area contributed by atoms with Crippen molar-refractivity contribution in [2.75, 3.05) is 12.4 Å². The molecule has 2 N–H and O–H groups in total. The second-order valence-electron chi connectivity index (χ2n) is 3.22. The van der Waals surface area contributed by atoms with Crippen LogP contribution in [0.5, 0.6) is 0 Å². The first-order valence-corrected chi connectivity index (χ1v) is 5.33. The molecular weight excluding hydrogens is 214 g/mol. The van der Waals surface area contributed by atoms with E-state index in [9.17, 15) is 4.79 Å². The molecule has 0 saturated heterocycles. The summed E-state index contributed by atoms with van der Waals surface area (Å²) in [5.41, 5.74) is 1.01. The standard InChI is InChI=1S/C11H14ClNO2/c12-6-7-13-10(11(14)15)8-9-4-2-1-3-5-9/h1-5,10,13H,6-8H2,(H,14,15)/t10-/m1/s1. The Bertz CT molecular complexity index is 303. The van der Waals surface area contributed by atoms with Crippen LogP contribution >= 0.6 is 11.6 Å². The van der Waals surface area contributed by atoms with Gasteiger partial charge in [0.25, 0.3) is 0 Å². The number of hydrogen-bond donors (Lipinski definition) is 2. The summed E-state index contributed by atoms with van der Waals surface area (Å²) >= 11 is 5.50. The van der Waals surface area contributed by atoms with E-state index >= 15 is 0 Å². The Kier molecular flexibility index (Phi) is 5.15. The first-order chi connectivity index (χ1) is 7.24. The largest absolute Gasteiger partial charge is 0.480 e. The zero-order valence-electron chi connectivity index (χ0n) is 8.32. The van der Waals surface area contributed by atoms with E-state index in [4.69, 9.17) is 16.7 Å². The van der Waals surface area contributed by atoms with Crippen molar-refractivity contribution in [2.24, 2.45) is 0 Å². The van der Waals surface area contributed by atoms with Crippen molar-refractivity contribution in [3.05, 3.63) is 35.9 Å². The maximum Gasteiger partial charge on any atom is 0.321 e. The number of alkyl halides is 1. The SMILES string of the molecule is O=C(O)[C@@H](Cc1ccccc1)NCCCl. The number of carboxylic acid groups (broad SMARTS) is 1. The molecule has 0 heterocycles. The van der Waals surface area contributed by atoms with Crippen LogP contribution in [-0.2, 0) is 11.2 Å². The summed E-state index contributed by atoms with van der Waals surface area (Å²) < 4.78 is 0. The van der Waals surface area contributed by atoms with Gasteiger partial charge >= 0.3 is 5.97 Å². The Labute approximate surface area is 94.1 Å². The van der Waals surface area contributed by atoms with Crippen LogP contribution in [0.3, 0.4) is 0 Å². The molecule has 0 aliphatic carbocycles. The molecular formula is C11H14ClNO2. The Morgan fingerprint density at radius 3 is 2.60 bits per heavy atom. The lowest BCUT2D eigenvalue weighted by Crippen LogP contribution is -2.39. The molecule has 4 heteroatoms. The van der Waals surface area contributed by atoms with Crippen LogP contribution in [0.2, 0.25) is 0 Å². The number of benzene rings is 1. The van der Waals surface area contributed by atoms with Crippen LogP contribution in [0.25, 0.3) is 0 Å². The predicted octanol–water partition coefficient (Wildman–Crippen LogP) is 1.51. The minimum atomic E-state index is -0.844. The Morgan fingerprint density at radius 1 is 1.40 bits per heavy atom. The van der Waals surface area contributed by atoms with Crippen LogP contribution < -0.4 is 5.32 Å². The fourth-order valence-corrected chi connectivity index (χ4v) is 1.43. The van der Waals surface area contributed by atoms with Crippen LogP contribution in [0.4, 0.5) is 0 Å².